The summed E-state index contributed by atoms with van der Waals surface area (Å²) in [6, 6.07) is 17.7. The van der Waals surface area contributed by atoms with Gasteiger partial charge in [-0.2, -0.15) is 0 Å². The van der Waals surface area contributed by atoms with Crippen molar-refractivity contribution in [3.8, 4) is 11.6 Å². The number of aryl methyl sites for hydroxylation is 2. The molecule has 0 bridgehead atoms. The van der Waals surface area contributed by atoms with Gasteiger partial charge in [0.1, 0.15) is 18.2 Å². The molecule has 5 rings (SSSR count). The molecule has 1 aromatic carbocycles. The second-order valence-corrected chi connectivity index (χ2v) is 10.1. The standard InChI is InChI=1S/C29H30ClN5O2S/c1-18-8-11-26(32-17-18)34-19(2)15-22(20(34)3)28-27(24-7-5-6-12-31-24)33-29(38)35(28)21-9-10-25(23(30)16-21)37-14-13-36-4/h5-12,15-17,27-28H,13-14H2,1-4H3,(H,33,38). The Morgan fingerprint density at radius 2 is 1.87 bits per heavy atom. The van der Waals surface area contributed by atoms with Crippen molar-refractivity contribution in [2.24, 2.45) is 0 Å². The van der Waals surface area contributed by atoms with Crippen LogP contribution in [0.4, 0.5) is 5.69 Å². The minimum Gasteiger partial charge on any atom is -0.490 e. The first-order valence-corrected chi connectivity index (χ1v) is 13.2. The van der Waals surface area contributed by atoms with Gasteiger partial charge in [0.05, 0.1) is 29.4 Å². The Morgan fingerprint density at radius 3 is 2.55 bits per heavy atom. The van der Waals surface area contributed by atoms with Gasteiger partial charge in [-0.1, -0.05) is 23.7 Å². The van der Waals surface area contributed by atoms with Crippen LogP contribution < -0.4 is 15.0 Å². The zero-order valence-electron chi connectivity index (χ0n) is 21.8. The average molecular weight is 548 g/mol. The largest absolute Gasteiger partial charge is 0.490 e. The summed E-state index contributed by atoms with van der Waals surface area (Å²) in [5.74, 6) is 1.49. The highest BCUT2D eigenvalue weighted by molar-refractivity contribution is 7.80. The molecule has 0 amide bonds. The summed E-state index contributed by atoms with van der Waals surface area (Å²) in [5.41, 5.74) is 6.21. The van der Waals surface area contributed by atoms with Gasteiger partial charge >= 0.3 is 0 Å². The van der Waals surface area contributed by atoms with Gasteiger partial charge in [0.2, 0.25) is 0 Å². The Balaban J connectivity index is 1.60. The van der Waals surface area contributed by atoms with Crippen LogP contribution in [0.5, 0.6) is 5.75 Å². The molecule has 196 valence electrons. The summed E-state index contributed by atoms with van der Waals surface area (Å²) in [6.45, 7) is 7.16. The molecule has 1 aliphatic rings. The van der Waals surface area contributed by atoms with Crippen LogP contribution in [-0.4, -0.2) is 40.0 Å². The molecule has 7 nitrogen and oxygen atoms in total. The maximum atomic E-state index is 6.65. The molecule has 1 aliphatic heterocycles. The lowest BCUT2D eigenvalue weighted by Crippen LogP contribution is -2.29. The van der Waals surface area contributed by atoms with E-state index in [9.17, 15) is 0 Å². The molecule has 2 unspecified atom stereocenters. The monoisotopic (exact) mass is 547 g/mol. The molecule has 1 fully saturated rings. The fraction of sp³-hybridized carbons (Fsp3) is 0.276. The van der Waals surface area contributed by atoms with Crippen molar-refractivity contribution in [1.29, 1.82) is 0 Å². The SMILES string of the molecule is COCCOc1ccc(N2C(=S)NC(c3ccccn3)C2c2cc(C)n(-c3ccc(C)cn3)c2C)cc1Cl. The number of hydrogen-bond acceptors (Lipinski definition) is 5. The Hall–Kier alpha value is -3.46. The number of thiocarbonyl (C=S) groups is 1. The Labute approximate surface area is 233 Å². The number of nitrogens with one attached hydrogen (secondary N) is 1. The highest BCUT2D eigenvalue weighted by atomic mass is 35.5. The van der Waals surface area contributed by atoms with Crippen LogP contribution in [0.3, 0.4) is 0 Å². The smallest absolute Gasteiger partial charge is 0.174 e. The molecule has 38 heavy (non-hydrogen) atoms. The van der Waals surface area contributed by atoms with Crippen LogP contribution >= 0.6 is 23.8 Å². The highest BCUT2D eigenvalue weighted by Gasteiger charge is 2.42. The lowest BCUT2D eigenvalue weighted by molar-refractivity contribution is 0.146. The van der Waals surface area contributed by atoms with Crippen molar-refractivity contribution < 1.29 is 9.47 Å². The number of nitrogens with zero attached hydrogens (tertiary/aromatic N) is 4. The topological polar surface area (TPSA) is 64.4 Å². The fourth-order valence-corrected chi connectivity index (χ4v) is 5.55. The van der Waals surface area contributed by atoms with E-state index in [1.165, 1.54) is 0 Å². The second-order valence-electron chi connectivity index (χ2n) is 9.31. The predicted molar refractivity (Wildman–Crippen MR) is 155 cm³/mol. The van der Waals surface area contributed by atoms with Crippen molar-refractivity contribution in [1.82, 2.24) is 19.9 Å². The first-order chi connectivity index (χ1) is 18.4. The van der Waals surface area contributed by atoms with E-state index in [4.69, 9.17) is 33.3 Å². The molecule has 3 aromatic heterocycles. The van der Waals surface area contributed by atoms with Gasteiger partial charge in [-0.15, -0.1) is 0 Å². The van der Waals surface area contributed by atoms with Crippen LogP contribution in [0, 0.1) is 20.8 Å². The van der Waals surface area contributed by atoms with Gasteiger partial charge in [-0.25, -0.2) is 4.98 Å². The molecular formula is C29H30ClN5O2S. The van der Waals surface area contributed by atoms with E-state index >= 15 is 0 Å². The van der Waals surface area contributed by atoms with Crippen molar-refractivity contribution in [3.05, 3.63) is 100 Å². The van der Waals surface area contributed by atoms with Crippen LogP contribution in [0.25, 0.3) is 5.82 Å². The Kier molecular flexibility index (Phi) is 7.65. The molecule has 9 heteroatoms. The van der Waals surface area contributed by atoms with Gasteiger partial charge < -0.3 is 24.3 Å². The van der Waals surface area contributed by atoms with E-state index in [-0.39, 0.29) is 12.1 Å². The molecule has 4 aromatic rings. The maximum absolute atomic E-state index is 6.65. The number of hydrogen-bond donors (Lipinski definition) is 1. The van der Waals surface area contributed by atoms with Gasteiger partial charge in [0.25, 0.3) is 0 Å². The fourth-order valence-electron chi connectivity index (χ4n) is 4.97. The van der Waals surface area contributed by atoms with Gasteiger partial charge in [-0.3, -0.25) is 4.98 Å². The summed E-state index contributed by atoms with van der Waals surface area (Å²) in [7, 11) is 1.64. The number of aromatic nitrogens is 3. The third-order valence-electron chi connectivity index (χ3n) is 6.75. The third kappa shape index (κ3) is 4.99. The number of rotatable bonds is 8. The van der Waals surface area contributed by atoms with Gasteiger partial charge in [-0.05, 0) is 86.6 Å². The van der Waals surface area contributed by atoms with E-state index in [0.717, 1.165) is 39.7 Å². The van der Waals surface area contributed by atoms with E-state index < -0.39 is 0 Å². The first-order valence-electron chi connectivity index (χ1n) is 12.4. The minimum absolute atomic E-state index is 0.167. The third-order valence-corrected chi connectivity index (χ3v) is 7.36. The normalized spacial score (nSPS) is 17.1. The molecule has 0 aliphatic carbocycles. The number of ether oxygens (including phenoxy) is 2. The lowest BCUT2D eigenvalue weighted by atomic mass is 9.96. The van der Waals surface area contributed by atoms with Crippen molar-refractivity contribution in [2.45, 2.75) is 32.9 Å². The molecular weight excluding hydrogens is 518 g/mol. The summed E-state index contributed by atoms with van der Waals surface area (Å²) in [6.07, 6.45) is 3.70. The summed E-state index contributed by atoms with van der Waals surface area (Å²) >= 11 is 12.6. The molecule has 1 N–H and O–H groups in total. The number of pyridine rings is 2. The highest BCUT2D eigenvalue weighted by Crippen LogP contribution is 2.44. The van der Waals surface area contributed by atoms with Crippen LogP contribution in [0.2, 0.25) is 5.02 Å². The van der Waals surface area contributed by atoms with Crippen molar-refractivity contribution in [2.75, 3.05) is 25.2 Å². The summed E-state index contributed by atoms with van der Waals surface area (Å²) < 4.78 is 13.0. The molecule has 0 radical (unpaired) electrons. The number of benzene rings is 1. The van der Waals surface area contributed by atoms with Gasteiger partial charge in [0, 0.05) is 36.6 Å². The lowest BCUT2D eigenvalue weighted by Gasteiger charge is -2.28. The van der Waals surface area contributed by atoms with E-state index in [1.54, 1.807) is 7.11 Å². The Bertz CT molecular complexity index is 1440. The molecule has 1 saturated heterocycles. The van der Waals surface area contributed by atoms with Crippen LogP contribution in [-0.2, 0) is 4.74 Å². The minimum atomic E-state index is -0.167. The molecule has 2 atom stereocenters. The van der Waals surface area contributed by atoms with Crippen molar-refractivity contribution in [3.63, 3.8) is 0 Å². The van der Waals surface area contributed by atoms with E-state index in [2.05, 4.69) is 50.7 Å². The number of anilines is 1. The molecule has 4 heterocycles. The average Bonchev–Trinajstić information content (AvgIpc) is 3.41. The van der Waals surface area contributed by atoms with Gasteiger partial charge in [0.15, 0.2) is 5.11 Å². The van der Waals surface area contributed by atoms with Crippen molar-refractivity contribution >= 4 is 34.6 Å². The predicted octanol–water partition coefficient (Wildman–Crippen LogP) is 6.05. The molecule has 0 spiro atoms. The van der Waals surface area contributed by atoms with E-state index in [1.807, 2.05) is 61.8 Å². The zero-order valence-corrected chi connectivity index (χ0v) is 23.4. The van der Waals surface area contributed by atoms with Crippen LogP contribution in [0.1, 0.15) is 40.3 Å². The van der Waals surface area contributed by atoms with E-state index in [0.29, 0.717) is 29.1 Å². The summed E-state index contributed by atoms with van der Waals surface area (Å²) in [4.78, 5) is 11.5. The first kappa shape index (κ1) is 26.2. The summed E-state index contributed by atoms with van der Waals surface area (Å²) in [5, 5.41) is 4.64. The Morgan fingerprint density at radius 1 is 1.03 bits per heavy atom. The second kappa shape index (κ2) is 11.1. The van der Waals surface area contributed by atoms with Crippen LogP contribution in [0.15, 0.2) is 67.0 Å². The zero-order chi connectivity index (χ0) is 26.8. The quantitative estimate of drug-likeness (QED) is 0.213. The number of methoxy groups -OCH3 is 1. The molecule has 0 saturated carbocycles. The maximum Gasteiger partial charge on any atom is 0.174 e. The number of halogens is 1.